The summed E-state index contributed by atoms with van der Waals surface area (Å²) in [4.78, 5) is 15.2. The lowest BCUT2D eigenvalue weighted by Gasteiger charge is -2.47. The van der Waals surface area contributed by atoms with Crippen molar-refractivity contribution in [2.75, 3.05) is 14.2 Å². The highest BCUT2D eigenvalue weighted by atomic mass is 19.1. The first-order valence-electron chi connectivity index (χ1n) is 10.7. The Hall–Kier alpha value is -1.05. The first kappa shape index (κ1) is 20.2. The van der Waals surface area contributed by atoms with Gasteiger partial charge >= 0.3 is 0 Å². The summed E-state index contributed by atoms with van der Waals surface area (Å²) in [6.45, 7) is 2.02. The second-order valence-corrected chi connectivity index (χ2v) is 9.06. The van der Waals surface area contributed by atoms with E-state index in [-0.39, 0.29) is 48.5 Å². The number of alkyl halides is 2. The highest BCUT2D eigenvalue weighted by molar-refractivity contribution is 5.78. The molecule has 1 N–H and O–H groups in total. The molecule has 4 rings (SSSR count). The average Bonchev–Trinajstić information content (AvgIpc) is 3.03. The van der Waals surface area contributed by atoms with E-state index < -0.39 is 12.3 Å². The van der Waals surface area contributed by atoms with Crippen LogP contribution >= 0.6 is 0 Å². The Kier molecular flexibility index (Phi) is 5.78. The summed E-state index contributed by atoms with van der Waals surface area (Å²) >= 11 is 0. The third kappa shape index (κ3) is 3.50. The molecule has 2 aliphatic heterocycles. The Morgan fingerprint density at radius 3 is 2.68 bits per heavy atom. The molecular weight excluding hydrogens is 364 g/mol. The molecule has 2 saturated heterocycles. The van der Waals surface area contributed by atoms with Crippen molar-refractivity contribution in [2.24, 2.45) is 11.8 Å². The third-order valence-electron chi connectivity index (χ3n) is 7.49. The molecule has 1 saturated carbocycles. The Balaban J connectivity index is 1.57. The van der Waals surface area contributed by atoms with Crippen molar-refractivity contribution in [3.8, 4) is 0 Å². The van der Waals surface area contributed by atoms with Gasteiger partial charge in [-0.15, -0.1) is 0 Å². The van der Waals surface area contributed by atoms with Gasteiger partial charge in [-0.25, -0.2) is 14.2 Å². The van der Waals surface area contributed by atoms with E-state index in [0.717, 1.165) is 19.3 Å². The van der Waals surface area contributed by atoms with Crippen LogP contribution in [0.1, 0.15) is 51.9 Å². The first-order chi connectivity index (χ1) is 13.4. The maximum Gasteiger partial charge on any atom is 0.240 e. The quantitative estimate of drug-likeness (QED) is 0.744. The molecule has 3 fully saturated rings. The number of ether oxygens (including phenoxy) is 1. The Labute approximate surface area is 166 Å². The molecule has 2 heterocycles. The van der Waals surface area contributed by atoms with E-state index in [1.807, 2.05) is 6.92 Å². The number of hydrogen-bond donors (Lipinski definition) is 1. The van der Waals surface area contributed by atoms with Crippen LogP contribution in [-0.2, 0) is 9.53 Å². The van der Waals surface area contributed by atoms with Crippen molar-refractivity contribution in [2.45, 2.75) is 88.6 Å². The molecule has 4 aliphatic rings. The minimum Gasteiger partial charge on any atom is -0.381 e. The third-order valence-corrected chi connectivity index (χ3v) is 7.49. The Morgan fingerprint density at radius 2 is 2.04 bits per heavy atom. The molecule has 8 atom stereocenters. The van der Waals surface area contributed by atoms with Crippen LogP contribution in [0.25, 0.3) is 0 Å². The Morgan fingerprint density at radius 1 is 1.25 bits per heavy atom. The number of hydrogen-bond acceptors (Lipinski definition) is 4. The van der Waals surface area contributed by atoms with Crippen molar-refractivity contribution >= 4 is 5.91 Å². The fraction of sp³-hybridized carbons (Fsp3) is 0.857. The van der Waals surface area contributed by atoms with Gasteiger partial charge in [0, 0.05) is 38.0 Å². The van der Waals surface area contributed by atoms with E-state index in [9.17, 15) is 13.6 Å². The molecule has 8 unspecified atom stereocenters. The van der Waals surface area contributed by atoms with E-state index >= 15 is 0 Å². The van der Waals surface area contributed by atoms with Crippen LogP contribution in [0.3, 0.4) is 0 Å². The number of amides is 1. The number of nitrogens with zero attached hydrogens (tertiary/aromatic N) is 2. The molecular formula is C21H33F2N3O2. The van der Waals surface area contributed by atoms with E-state index in [0.29, 0.717) is 19.3 Å². The van der Waals surface area contributed by atoms with Crippen LogP contribution < -0.4 is 5.43 Å². The molecule has 28 heavy (non-hydrogen) atoms. The zero-order chi connectivity index (χ0) is 20.0. The van der Waals surface area contributed by atoms with Crippen LogP contribution in [0.5, 0.6) is 0 Å². The van der Waals surface area contributed by atoms with Crippen molar-refractivity contribution in [1.82, 2.24) is 15.3 Å². The molecule has 0 aromatic heterocycles. The monoisotopic (exact) mass is 397 g/mol. The summed E-state index contributed by atoms with van der Waals surface area (Å²) in [5.74, 6) is -0.168. The number of halogens is 2. The summed E-state index contributed by atoms with van der Waals surface area (Å²) < 4.78 is 34.0. The van der Waals surface area contributed by atoms with Gasteiger partial charge in [-0.3, -0.25) is 14.7 Å². The number of nitrogens with one attached hydrogen (secondary N) is 1. The SMILES string of the molecule is COC1CC=C(C2CC(=O)N3NC(C)C(C4CCC(F)CC4F)C3N2C)CC1. The van der Waals surface area contributed by atoms with Crippen LogP contribution in [-0.4, -0.2) is 66.7 Å². The summed E-state index contributed by atoms with van der Waals surface area (Å²) in [7, 11) is 3.80. The number of carbonyl (C=O) groups excluding carboxylic acids is 1. The molecule has 2 aliphatic carbocycles. The van der Waals surface area contributed by atoms with Gasteiger partial charge in [0.1, 0.15) is 18.5 Å². The van der Waals surface area contributed by atoms with Gasteiger partial charge in [-0.2, -0.15) is 0 Å². The summed E-state index contributed by atoms with van der Waals surface area (Å²) in [5, 5.41) is 1.72. The van der Waals surface area contributed by atoms with Gasteiger partial charge < -0.3 is 4.74 Å². The van der Waals surface area contributed by atoms with E-state index in [1.54, 1.807) is 12.1 Å². The normalized spacial score (nSPS) is 45.1. The van der Waals surface area contributed by atoms with E-state index in [4.69, 9.17) is 4.74 Å². The number of hydrazine groups is 1. The van der Waals surface area contributed by atoms with Gasteiger partial charge in [-0.1, -0.05) is 11.6 Å². The van der Waals surface area contributed by atoms with Gasteiger partial charge in [0.05, 0.1) is 6.10 Å². The number of rotatable bonds is 3. The minimum atomic E-state index is -1.14. The minimum absolute atomic E-state index is 0.00670. The summed E-state index contributed by atoms with van der Waals surface area (Å²) in [5.41, 5.74) is 4.59. The average molecular weight is 398 g/mol. The molecule has 158 valence electrons. The van der Waals surface area contributed by atoms with E-state index in [1.165, 1.54) is 5.57 Å². The molecule has 1 amide bonds. The second kappa shape index (κ2) is 8.00. The van der Waals surface area contributed by atoms with Crippen molar-refractivity contribution in [3.05, 3.63) is 11.6 Å². The molecule has 0 aromatic carbocycles. The largest absolute Gasteiger partial charge is 0.381 e. The van der Waals surface area contributed by atoms with E-state index in [2.05, 4.69) is 23.4 Å². The van der Waals surface area contributed by atoms with Gasteiger partial charge in [0.25, 0.3) is 0 Å². The predicted molar refractivity (Wildman–Crippen MR) is 103 cm³/mol. The summed E-state index contributed by atoms with van der Waals surface area (Å²) in [6, 6.07) is 0.0458. The maximum absolute atomic E-state index is 14.8. The fourth-order valence-electron chi connectivity index (χ4n) is 5.93. The standard InChI is InChI=1S/C21H33F2N3O2/c1-12-20(16-9-6-14(22)10-17(16)23)21-25(2)18(11-19(27)26(21)24-12)13-4-7-15(28-3)8-5-13/h4,12,14-18,20-21,24H,5-11H2,1-3H3. The van der Waals surface area contributed by atoms with Crippen molar-refractivity contribution in [3.63, 3.8) is 0 Å². The molecule has 7 heteroatoms. The summed E-state index contributed by atoms with van der Waals surface area (Å²) in [6.07, 6.45) is 4.32. The number of carbonyl (C=O) groups is 1. The zero-order valence-corrected chi connectivity index (χ0v) is 17.1. The smallest absolute Gasteiger partial charge is 0.240 e. The second-order valence-electron chi connectivity index (χ2n) is 9.06. The molecule has 0 spiro atoms. The van der Waals surface area contributed by atoms with Crippen molar-refractivity contribution in [1.29, 1.82) is 0 Å². The topological polar surface area (TPSA) is 44.8 Å². The molecule has 5 nitrogen and oxygen atoms in total. The molecule has 0 bridgehead atoms. The van der Waals surface area contributed by atoms with Gasteiger partial charge in [0.2, 0.25) is 5.91 Å². The van der Waals surface area contributed by atoms with Crippen molar-refractivity contribution < 1.29 is 18.3 Å². The zero-order valence-electron chi connectivity index (χ0n) is 17.1. The highest BCUT2D eigenvalue weighted by Crippen LogP contribution is 2.44. The maximum atomic E-state index is 14.8. The lowest BCUT2D eigenvalue weighted by atomic mass is 9.73. The number of methoxy groups -OCH3 is 1. The first-order valence-corrected chi connectivity index (χ1v) is 10.7. The number of likely N-dealkylation sites (N-methyl/N-ethyl adjacent to an activating group) is 1. The molecule has 0 radical (unpaired) electrons. The van der Waals surface area contributed by atoms with Crippen LogP contribution in [0, 0.1) is 11.8 Å². The number of fused-ring (bicyclic) bond motifs is 1. The Bertz CT molecular complexity index is 631. The van der Waals surface area contributed by atoms with Gasteiger partial charge in [0.15, 0.2) is 0 Å². The predicted octanol–water partition coefficient (Wildman–Crippen LogP) is 2.97. The van der Waals surface area contributed by atoms with Crippen LogP contribution in [0.15, 0.2) is 11.6 Å². The highest BCUT2D eigenvalue weighted by Gasteiger charge is 2.54. The lowest BCUT2D eigenvalue weighted by molar-refractivity contribution is -0.150. The van der Waals surface area contributed by atoms with Crippen LogP contribution in [0.4, 0.5) is 8.78 Å². The molecule has 0 aromatic rings. The van der Waals surface area contributed by atoms with Gasteiger partial charge in [-0.05, 0) is 52.0 Å². The van der Waals surface area contributed by atoms with Crippen LogP contribution in [0.2, 0.25) is 0 Å². The lowest BCUT2D eigenvalue weighted by Crippen LogP contribution is -2.61. The fourth-order valence-corrected chi connectivity index (χ4v) is 5.93.